The van der Waals surface area contributed by atoms with Crippen molar-refractivity contribution in [3.8, 4) is 0 Å². The van der Waals surface area contributed by atoms with E-state index in [1.807, 2.05) is 26.0 Å². The molecule has 0 aromatic carbocycles. The molecule has 1 saturated heterocycles. The molecule has 0 bridgehead atoms. The molecule has 1 fully saturated rings. The van der Waals surface area contributed by atoms with Crippen LogP contribution in [0, 0.1) is 6.92 Å². The lowest BCUT2D eigenvalue weighted by molar-refractivity contribution is 0.148. The van der Waals surface area contributed by atoms with Crippen molar-refractivity contribution in [3.05, 3.63) is 23.7 Å². The Hall–Kier alpha value is -1.54. The lowest BCUT2D eigenvalue weighted by Gasteiger charge is -2.36. The van der Waals surface area contributed by atoms with E-state index in [2.05, 4.69) is 10.0 Å². The van der Waals surface area contributed by atoms with E-state index < -0.39 is 10.0 Å². The van der Waals surface area contributed by atoms with E-state index in [0.717, 1.165) is 31.3 Å². The summed E-state index contributed by atoms with van der Waals surface area (Å²) in [6.45, 7) is 4.60. The van der Waals surface area contributed by atoms with Crippen LogP contribution in [0.3, 0.4) is 0 Å². The Kier molecular flexibility index (Phi) is 5.69. The van der Waals surface area contributed by atoms with Crippen LogP contribution in [0.2, 0.25) is 0 Å². The van der Waals surface area contributed by atoms with Crippen LogP contribution >= 0.6 is 0 Å². The number of piperidine rings is 1. The number of sulfonamides is 1. The number of carbonyl (C=O) groups excluding carboxylic acids is 1. The summed E-state index contributed by atoms with van der Waals surface area (Å²) in [6.07, 6.45) is 3.84. The monoisotopic (exact) mass is 343 g/mol. The maximum absolute atomic E-state index is 12.5. The highest BCUT2D eigenvalue weighted by atomic mass is 32.2. The third-order valence-corrected chi connectivity index (χ3v) is 4.69. The molecular weight excluding hydrogens is 318 g/mol. The molecule has 2 rings (SSSR count). The third kappa shape index (κ3) is 5.24. The molecule has 0 spiro atoms. The van der Waals surface area contributed by atoms with Gasteiger partial charge >= 0.3 is 6.03 Å². The van der Waals surface area contributed by atoms with E-state index in [1.54, 1.807) is 4.90 Å². The number of hydrogen-bond donors (Lipinski definition) is 2. The van der Waals surface area contributed by atoms with Crippen LogP contribution in [0.4, 0.5) is 4.79 Å². The van der Waals surface area contributed by atoms with Crippen molar-refractivity contribution in [1.29, 1.82) is 0 Å². The molecule has 7 nitrogen and oxygen atoms in total. The molecule has 0 aliphatic carbocycles. The van der Waals surface area contributed by atoms with Gasteiger partial charge in [0, 0.05) is 19.1 Å². The fraction of sp³-hybridized carbons (Fsp3) is 0.667. The average molecular weight is 343 g/mol. The molecule has 2 N–H and O–H groups in total. The molecule has 8 heteroatoms. The predicted octanol–water partition coefficient (Wildman–Crippen LogP) is 1.76. The fourth-order valence-electron chi connectivity index (χ4n) is 2.75. The van der Waals surface area contributed by atoms with Gasteiger partial charge in [-0.05, 0) is 45.2 Å². The molecule has 1 aliphatic rings. The van der Waals surface area contributed by atoms with Gasteiger partial charge in [0.1, 0.15) is 11.5 Å². The zero-order valence-electron chi connectivity index (χ0n) is 13.8. The molecule has 1 aromatic rings. The Morgan fingerprint density at radius 3 is 2.78 bits per heavy atom. The third-order valence-electron chi connectivity index (χ3n) is 4.00. The maximum atomic E-state index is 12.5. The van der Waals surface area contributed by atoms with Gasteiger partial charge in [0.25, 0.3) is 0 Å². The fourth-order valence-corrected chi connectivity index (χ4v) is 3.25. The Bertz CT molecular complexity index is 641. The van der Waals surface area contributed by atoms with Gasteiger partial charge in [-0.1, -0.05) is 0 Å². The number of likely N-dealkylation sites (tertiary alicyclic amines) is 1. The first-order valence-corrected chi connectivity index (χ1v) is 9.73. The molecule has 23 heavy (non-hydrogen) atoms. The van der Waals surface area contributed by atoms with Crippen LogP contribution in [0.1, 0.15) is 43.7 Å². The molecular formula is C15H25N3O4S. The summed E-state index contributed by atoms with van der Waals surface area (Å²) in [5, 5.41) is 2.92. The highest BCUT2D eigenvalue weighted by Gasteiger charge is 2.28. The van der Waals surface area contributed by atoms with Gasteiger partial charge in [-0.25, -0.2) is 17.9 Å². The van der Waals surface area contributed by atoms with E-state index in [1.165, 1.54) is 0 Å². The Morgan fingerprint density at radius 2 is 2.17 bits per heavy atom. The minimum Gasteiger partial charge on any atom is -0.464 e. The van der Waals surface area contributed by atoms with Crippen molar-refractivity contribution in [2.45, 2.75) is 45.2 Å². The summed E-state index contributed by atoms with van der Waals surface area (Å²) in [7, 11) is -3.26. The number of hydrogen-bond acceptors (Lipinski definition) is 4. The van der Waals surface area contributed by atoms with Crippen LogP contribution in [0.5, 0.6) is 0 Å². The van der Waals surface area contributed by atoms with Crippen molar-refractivity contribution >= 4 is 16.1 Å². The molecule has 130 valence electrons. The lowest BCUT2D eigenvalue weighted by atomic mass is 10.0. The number of rotatable bonds is 5. The smallest absolute Gasteiger partial charge is 0.318 e. The minimum atomic E-state index is -3.26. The second-order valence-electron chi connectivity index (χ2n) is 6.08. The predicted molar refractivity (Wildman–Crippen MR) is 87.6 cm³/mol. The van der Waals surface area contributed by atoms with E-state index >= 15 is 0 Å². The van der Waals surface area contributed by atoms with Crippen LogP contribution in [0.15, 0.2) is 16.5 Å². The number of carbonyl (C=O) groups is 1. The zero-order chi connectivity index (χ0) is 17.0. The van der Waals surface area contributed by atoms with Crippen molar-refractivity contribution in [2.24, 2.45) is 0 Å². The number of amides is 2. The highest BCUT2D eigenvalue weighted by Crippen LogP contribution is 2.19. The Balaban J connectivity index is 1.97. The first kappa shape index (κ1) is 17.8. The maximum Gasteiger partial charge on any atom is 0.318 e. The molecule has 0 saturated carbocycles. The topological polar surface area (TPSA) is 91.7 Å². The summed E-state index contributed by atoms with van der Waals surface area (Å²) in [5.74, 6) is 1.51. The molecule has 2 amide bonds. The van der Waals surface area contributed by atoms with Gasteiger partial charge in [-0.2, -0.15) is 0 Å². The summed E-state index contributed by atoms with van der Waals surface area (Å²) in [5.41, 5.74) is 0. The number of nitrogens with zero attached hydrogens (tertiary/aromatic N) is 1. The van der Waals surface area contributed by atoms with Crippen molar-refractivity contribution in [1.82, 2.24) is 14.9 Å². The lowest BCUT2D eigenvalue weighted by Crippen LogP contribution is -2.52. The van der Waals surface area contributed by atoms with Gasteiger partial charge in [-0.15, -0.1) is 0 Å². The van der Waals surface area contributed by atoms with Crippen LogP contribution in [-0.2, 0) is 10.0 Å². The molecule has 2 heterocycles. The normalized spacial score (nSPS) is 20.3. The van der Waals surface area contributed by atoms with Crippen LogP contribution in [-0.4, -0.2) is 44.7 Å². The van der Waals surface area contributed by atoms with Crippen molar-refractivity contribution < 1.29 is 17.6 Å². The van der Waals surface area contributed by atoms with Crippen LogP contribution < -0.4 is 10.0 Å². The van der Waals surface area contributed by atoms with E-state index in [9.17, 15) is 13.2 Å². The van der Waals surface area contributed by atoms with Crippen LogP contribution in [0.25, 0.3) is 0 Å². The SMILES string of the molecule is Cc1ccc([C@@H](C)NC(=O)N2CCCC[C@@H]2CNS(C)(=O)=O)o1. The first-order chi connectivity index (χ1) is 10.8. The van der Waals surface area contributed by atoms with E-state index in [-0.39, 0.29) is 24.7 Å². The first-order valence-electron chi connectivity index (χ1n) is 7.84. The largest absolute Gasteiger partial charge is 0.464 e. The summed E-state index contributed by atoms with van der Waals surface area (Å²) >= 11 is 0. The number of furan rings is 1. The Labute approximate surface area is 137 Å². The highest BCUT2D eigenvalue weighted by molar-refractivity contribution is 7.88. The second-order valence-corrected chi connectivity index (χ2v) is 7.92. The number of urea groups is 1. The molecule has 0 unspecified atom stereocenters. The van der Waals surface area contributed by atoms with Crippen molar-refractivity contribution in [3.63, 3.8) is 0 Å². The van der Waals surface area contributed by atoms with Gasteiger partial charge in [0.2, 0.25) is 10.0 Å². The molecule has 2 atom stereocenters. The summed E-state index contributed by atoms with van der Waals surface area (Å²) in [6, 6.07) is 3.16. The second kappa shape index (κ2) is 7.35. The molecule has 0 radical (unpaired) electrons. The molecule has 1 aromatic heterocycles. The van der Waals surface area contributed by atoms with E-state index in [0.29, 0.717) is 12.3 Å². The quantitative estimate of drug-likeness (QED) is 0.852. The average Bonchev–Trinajstić information content (AvgIpc) is 2.91. The standard InChI is InChI=1S/C15H25N3O4S/c1-11-7-8-14(22-11)12(2)17-15(19)18-9-5-4-6-13(18)10-16-23(3,20)21/h7-8,12-13,16H,4-6,9-10H2,1-3H3,(H,17,19)/t12-,13-/m1/s1. The number of aryl methyl sites for hydroxylation is 1. The number of nitrogens with one attached hydrogen (secondary N) is 2. The van der Waals surface area contributed by atoms with E-state index in [4.69, 9.17) is 4.42 Å². The van der Waals surface area contributed by atoms with Crippen molar-refractivity contribution in [2.75, 3.05) is 19.3 Å². The zero-order valence-corrected chi connectivity index (χ0v) is 14.6. The van der Waals surface area contributed by atoms with Gasteiger partial charge in [0.15, 0.2) is 0 Å². The van der Waals surface area contributed by atoms with Gasteiger partial charge in [-0.3, -0.25) is 0 Å². The Morgan fingerprint density at radius 1 is 1.43 bits per heavy atom. The summed E-state index contributed by atoms with van der Waals surface area (Å²) in [4.78, 5) is 14.2. The molecule has 1 aliphatic heterocycles. The van der Waals surface area contributed by atoms with Gasteiger partial charge in [0.05, 0.1) is 12.3 Å². The minimum absolute atomic E-state index is 0.121. The summed E-state index contributed by atoms with van der Waals surface area (Å²) < 4.78 is 30.6. The van der Waals surface area contributed by atoms with Gasteiger partial charge < -0.3 is 14.6 Å².